The summed E-state index contributed by atoms with van der Waals surface area (Å²) in [5, 5.41) is 3.89. The summed E-state index contributed by atoms with van der Waals surface area (Å²) in [5.41, 5.74) is 0.855. The van der Waals surface area contributed by atoms with Gasteiger partial charge < -0.3 is 4.74 Å². The molecule has 5 heteroatoms. The van der Waals surface area contributed by atoms with E-state index in [-0.39, 0.29) is 18.6 Å². The number of rotatable bonds is 3. The van der Waals surface area contributed by atoms with E-state index in [1.165, 1.54) is 7.11 Å². The van der Waals surface area contributed by atoms with E-state index < -0.39 is 0 Å². The summed E-state index contributed by atoms with van der Waals surface area (Å²) in [4.78, 5) is 15.4. The molecule has 0 radical (unpaired) electrons. The topological polar surface area (TPSA) is 45.1 Å². The number of methoxy groups -OCH3 is 1. The van der Waals surface area contributed by atoms with Crippen LogP contribution in [0.15, 0.2) is 16.8 Å². The highest BCUT2D eigenvalue weighted by Crippen LogP contribution is 2.13. The normalized spacial score (nSPS) is 20.5. The summed E-state index contributed by atoms with van der Waals surface area (Å²) in [6.45, 7) is 1.99. The molecule has 0 amide bonds. The van der Waals surface area contributed by atoms with Gasteiger partial charge in [-0.25, -0.2) is 5.01 Å². The summed E-state index contributed by atoms with van der Waals surface area (Å²) >= 11 is 0. The second kappa shape index (κ2) is 4.93. The predicted molar refractivity (Wildman–Crippen MR) is 58.2 cm³/mol. The molecular weight excluding hydrogens is 194 g/mol. The SMILES string of the molecule is COC(=O)CC1=CN(N(C)C)C(C)N=C1. The monoisotopic (exact) mass is 211 g/mol. The van der Waals surface area contributed by atoms with E-state index in [9.17, 15) is 4.79 Å². The smallest absolute Gasteiger partial charge is 0.310 e. The lowest BCUT2D eigenvalue weighted by atomic mass is 10.2. The molecule has 0 bridgehead atoms. The maximum Gasteiger partial charge on any atom is 0.310 e. The van der Waals surface area contributed by atoms with Gasteiger partial charge in [0.05, 0.1) is 13.5 Å². The number of hydrogen-bond acceptors (Lipinski definition) is 5. The Hall–Kier alpha value is -1.36. The van der Waals surface area contributed by atoms with Crippen LogP contribution >= 0.6 is 0 Å². The van der Waals surface area contributed by atoms with E-state index in [0.717, 1.165) is 5.57 Å². The third kappa shape index (κ3) is 3.06. The Morgan fingerprint density at radius 2 is 2.33 bits per heavy atom. The fourth-order valence-electron chi connectivity index (χ4n) is 1.36. The lowest BCUT2D eigenvalue weighted by Gasteiger charge is -2.33. The van der Waals surface area contributed by atoms with Crippen molar-refractivity contribution in [1.82, 2.24) is 10.0 Å². The quantitative estimate of drug-likeness (QED) is 0.643. The molecule has 1 atom stereocenters. The lowest BCUT2D eigenvalue weighted by Crippen LogP contribution is -2.40. The zero-order valence-corrected chi connectivity index (χ0v) is 9.60. The van der Waals surface area contributed by atoms with Gasteiger partial charge >= 0.3 is 5.97 Å². The molecule has 1 aliphatic heterocycles. The number of carbonyl (C=O) groups is 1. The van der Waals surface area contributed by atoms with Crippen LogP contribution < -0.4 is 0 Å². The van der Waals surface area contributed by atoms with Gasteiger partial charge in [0.1, 0.15) is 6.17 Å². The molecule has 0 aromatic carbocycles. The summed E-state index contributed by atoms with van der Waals surface area (Å²) in [6, 6.07) is 0. The van der Waals surface area contributed by atoms with Crippen LogP contribution in [-0.4, -0.2) is 49.6 Å². The van der Waals surface area contributed by atoms with E-state index in [1.54, 1.807) is 6.21 Å². The van der Waals surface area contributed by atoms with Gasteiger partial charge in [0.25, 0.3) is 0 Å². The minimum absolute atomic E-state index is 0.0707. The third-order valence-electron chi connectivity index (χ3n) is 2.18. The van der Waals surface area contributed by atoms with Gasteiger partial charge in [-0.15, -0.1) is 0 Å². The first kappa shape index (κ1) is 11.7. The van der Waals surface area contributed by atoms with Crippen LogP contribution in [0.3, 0.4) is 0 Å². The molecular formula is C10H17N3O2. The summed E-state index contributed by atoms with van der Waals surface area (Å²) in [6.07, 6.45) is 3.97. The highest BCUT2D eigenvalue weighted by Gasteiger charge is 2.17. The third-order valence-corrected chi connectivity index (χ3v) is 2.18. The second-order valence-electron chi connectivity index (χ2n) is 3.59. The first-order valence-corrected chi connectivity index (χ1v) is 4.81. The molecule has 0 aromatic rings. The number of ether oxygens (including phenoxy) is 1. The Kier molecular flexibility index (Phi) is 3.85. The van der Waals surface area contributed by atoms with E-state index in [4.69, 9.17) is 0 Å². The fourth-order valence-corrected chi connectivity index (χ4v) is 1.36. The Morgan fingerprint density at radius 1 is 1.67 bits per heavy atom. The molecule has 0 aliphatic carbocycles. The molecule has 0 aromatic heterocycles. The first-order chi connectivity index (χ1) is 7.04. The standard InChI is InChI=1S/C10H17N3O2/c1-8-11-6-9(5-10(14)15-4)7-13(8)12(2)3/h6-8H,5H2,1-4H3. The number of hydrogen-bond donors (Lipinski definition) is 0. The van der Waals surface area contributed by atoms with Gasteiger partial charge in [-0.1, -0.05) is 0 Å². The van der Waals surface area contributed by atoms with Crippen LogP contribution in [0.4, 0.5) is 0 Å². The molecule has 0 fully saturated rings. The van der Waals surface area contributed by atoms with Gasteiger partial charge in [0.15, 0.2) is 0 Å². The Labute approximate surface area is 90.0 Å². The van der Waals surface area contributed by atoms with E-state index >= 15 is 0 Å². The molecule has 0 spiro atoms. The van der Waals surface area contributed by atoms with Crippen LogP contribution in [0.1, 0.15) is 13.3 Å². The molecule has 1 unspecified atom stereocenters. The average Bonchev–Trinajstić information content (AvgIpc) is 2.20. The van der Waals surface area contributed by atoms with Crippen molar-refractivity contribution in [1.29, 1.82) is 0 Å². The number of nitrogens with zero attached hydrogens (tertiary/aromatic N) is 3. The number of esters is 1. The molecule has 5 nitrogen and oxygen atoms in total. The second-order valence-corrected chi connectivity index (χ2v) is 3.59. The van der Waals surface area contributed by atoms with Gasteiger partial charge in [0.2, 0.25) is 0 Å². The van der Waals surface area contributed by atoms with Crippen molar-refractivity contribution in [2.24, 2.45) is 4.99 Å². The molecule has 0 saturated heterocycles. The van der Waals surface area contributed by atoms with Gasteiger partial charge in [-0.2, -0.15) is 0 Å². The minimum Gasteiger partial charge on any atom is -0.469 e. The molecule has 15 heavy (non-hydrogen) atoms. The summed E-state index contributed by atoms with van der Waals surface area (Å²) in [7, 11) is 5.25. The van der Waals surface area contributed by atoms with Crippen LogP contribution in [0.25, 0.3) is 0 Å². The maximum absolute atomic E-state index is 11.1. The van der Waals surface area contributed by atoms with Crippen molar-refractivity contribution in [3.63, 3.8) is 0 Å². The predicted octanol–water partition coefficient (Wildman–Crippen LogP) is 0.642. The Morgan fingerprint density at radius 3 is 2.87 bits per heavy atom. The number of carbonyl (C=O) groups excluding carboxylic acids is 1. The van der Waals surface area contributed by atoms with Crippen molar-refractivity contribution in [2.75, 3.05) is 21.2 Å². The maximum atomic E-state index is 11.1. The lowest BCUT2D eigenvalue weighted by molar-refractivity contribution is -0.139. The van der Waals surface area contributed by atoms with Crippen LogP contribution in [-0.2, 0) is 9.53 Å². The summed E-state index contributed by atoms with van der Waals surface area (Å²) < 4.78 is 4.60. The van der Waals surface area contributed by atoms with Gasteiger partial charge in [-0.05, 0) is 12.5 Å². The summed E-state index contributed by atoms with van der Waals surface area (Å²) in [5.74, 6) is -0.249. The van der Waals surface area contributed by atoms with Crippen LogP contribution in [0.5, 0.6) is 0 Å². The molecule has 1 aliphatic rings. The zero-order valence-electron chi connectivity index (χ0n) is 9.60. The first-order valence-electron chi connectivity index (χ1n) is 4.81. The average molecular weight is 211 g/mol. The van der Waals surface area contributed by atoms with Gasteiger partial charge in [-0.3, -0.25) is 14.8 Å². The van der Waals surface area contributed by atoms with Gasteiger partial charge in [0, 0.05) is 26.5 Å². The number of aliphatic imine (C=N–C) groups is 1. The van der Waals surface area contributed by atoms with Crippen LogP contribution in [0.2, 0.25) is 0 Å². The molecule has 0 saturated carbocycles. The zero-order chi connectivity index (χ0) is 11.4. The molecule has 84 valence electrons. The Bertz CT molecular complexity index is 297. The fraction of sp³-hybridized carbons (Fsp3) is 0.600. The molecule has 1 rings (SSSR count). The van der Waals surface area contributed by atoms with E-state index in [1.807, 2.05) is 37.2 Å². The number of hydrazine groups is 1. The van der Waals surface area contributed by atoms with E-state index in [2.05, 4.69) is 9.73 Å². The highest BCUT2D eigenvalue weighted by atomic mass is 16.5. The minimum atomic E-state index is -0.249. The highest BCUT2D eigenvalue weighted by molar-refractivity contribution is 5.87. The molecule has 0 N–H and O–H groups in total. The van der Waals surface area contributed by atoms with Crippen molar-refractivity contribution >= 4 is 12.2 Å². The van der Waals surface area contributed by atoms with E-state index in [0.29, 0.717) is 0 Å². The largest absolute Gasteiger partial charge is 0.469 e. The van der Waals surface area contributed by atoms with Crippen molar-refractivity contribution < 1.29 is 9.53 Å². The van der Waals surface area contributed by atoms with Crippen molar-refractivity contribution in [3.05, 3.63) is 11.8 Å². The molecule has 1 heterocycles. The van der Waals surface area contributed by atoms with Crippen molar-refractivity contribution in [2.45, 2.75) is 19.5 Å². The Balaban J connectivity index is 2.70. The van der Waals surface area contributed by atoms with Crippen molar-refractivity contribution in [3.8, 4) is 0 Å². The van der Waals surface area contributed by atoms with Crippen LogP contribution in [0, 0.1) is 0 Å².